The molecule has 2 heterocycles. The molecule has 2 N–H and O–H groups in total. The molecule has 1 aromatic heterocycles. The third kappa shape index (κ3) is 4.31. The summed E-state index contributed by atoms with van der Waals surface area (Å²) in [6.07, 6.45) is -0.855. The molecule has 2 aromatic rings. The van der Waals surface area contributed by atoms with Gasteiger partial charge in [0.15, 0.2) is 0 Å². The zero-order valence-corrected chi connectivity index (χ0v) is 14.2. The molecule has 1 aromatic carbocycles. The van der Waals surface area contributed by atoms with Crippen LogP contribution >= 0.6 is 11.3 Å². The zero-order chi connectivity index (χ0) is 17.1. The summed E-state index contributed by atoms with van der Waals surface area (Å²) in [6, 6.07) is 6.97. The molecule has 0 amide bonds. The fraction of sp³-hybridized carbons (Fsp3) is 0.412. The SMILES string of the molecule is Cc1nc(CN2C[C@@H](O)[C@H](Oc3ccc(CC(=O)O)cc3)C2)cs1. The van der Waals surface area contributed by atoms with Gasteiger partial charge in [-0.15, -0.1) is 11.3 Å². The third-order valence-electron chi connectivity index (χ3n) is 3.93. The predicted octanol–water partition coefficient (Wildman–Crippen LogP) is 1.70. The maximum absolute atomic E-state index is 10.7. The number of carbonyl (C=O) groups is 1. The summed E-state index contributed by atoms with van der Waals surface area (Å²) in [7, 11) is 0. The highest BCUT2D eigenvalue weighted by molar-refractivity contribution is 7.09. The van der Waals surface area contributed by atoms with Gasteiger partial charge in [-0.1, -0.05) is 12.1 Å². The number of benzene rings is 1. The van der Waals surface area contributed by atoms with Gasteiger partial charge in [0, 0.05) is 25.0 Å². The van der Waals surface area contributed by atoms with E-state index >= 15 is 0 Å². The number of ether oxygens (including phenoxy) is 1. The number of hydrogen-bond donors (Lipinski definition) is 2. The number of thiazole rings is 1. The Morgan fingerprint density at radius 1 is 1.38 bits per heavy atom. The second kappa shape index (κ2) is 7.29. The molecule has 0 aliphatic carbocycles. The van der Waals surface area contributed by atoms with Crippen molar-refractivity contribution in [3.63, 3.8) is 0 Å². The molecule has 24 heavy (non-hydrogen) atoms. The van der Waals surface area contributed by atoms with E-state index in [9.17, 15) is 9.90 Å². The minimum Gasteiger partial charge on any atom is -0.486 e. The van der Waals surface area contributed by atoms with E-state index in [-0.39, 0.29) is 12.5 Å². The van der Waals surface area contributed by atoms with Crippen LogP contribution in [0.4, 0.5) is 0 Å². The van der Waals surface area contributed by atoms with Gasteiger partial charge in [0.1, 0.15) is 18.0 Å². The van der Waals surface area contributed by atoms with Crippen LogP contribution in [0.2, 0.25) is 0 Å². The first-order valence-corrected chi connectivity index (χ1v) is 8.66. The maximum Gasteiger partial charge on any atom is 0.307 e. The topological polar surface area (TPSA) is 82.9 Å². The predicted molar refractivity (Wildman–Crippen MR) is 90.3 cm³/mol. The van der Waals surface area contributed by atoms with Crippen LogP contribution in [0.25, 0.3) is 0 Å². The van der Waals surface area contributed by atoms with Crippen LogP contribution in [-0.2, 0) is 17.8 Å². The Labute approximate surface area is 144 Å². The molecule has 2 atom stereocenters. The summed E-state index contributed by atoms with van der Waals surface area (Å²) in [5.41, 5.74) is 1.74. The van der Waals surface area contributed by atoms with Crippen LogP contribution in [0, 0.1) is 6.92 Å². The Morgan fingerprint density at radius 2 is 2.12 bits per heavy atom. The fourth-order valence-corrected chi connectivity index (χ4v) is 3.43. The molecule has 0 spiro atoms. The number of aliphatic hydroxyl groups is 1. The molecule has 7 heteroatoms. The van der Waals surface area contributed by atoms with E-state index in [4.69, 9.17) is 9.84 Å². The normalized spacial score (nSPS) is 21.1. The van der Waals surface area contributed by atoms with Gasteiger partial charge in [-0.25, -0.2) is 4.98 Å². The van der Waals surface area contributed by atoms with Gasteiger partial charge >= 0.3 is 5.97 Å². The molecule has 3 rings (SSSR count). The van der Waals surface area contributed by atoms with Gasteiger partial charge in [-0.2, -0.15) is 0 Å². The number of hydrogen-bond acceptors (Lipinski definition) is 6. The van der Waals surface area contributed by atoms with Crippen molar-refractivity contribution in [3.05, 3.63) is 45.9 Å². The highest BCUT2D eigenvalue weighted by Gasteiger charge is 2.33. The number of aromatic nitrogens is 1. The van der Waals surface area contributed by atoms with Crippen LogP contribution in [0.3, 0.4) is 0 Å². The second-order valence-corrected chi connectivity index (χ2v) is 7.05. The number of likely N-dealkylation sites (tertiary alicyclic amines) is 1. The first-order chi connectivity index (χ1) is 11.5. The smallest absolute Gasteiger partial charge is 0.307 e. The summed E-state index contributed by atoms with van der Waals surface area (Å²) in [6.45, 7) is 3.87. The van der Waals surface area contributed by atoms with Crippen LogP contribution in [0.1, 0.15) is 16.3 Å². The Balaban J connectivity index is 1.56. The van der Waals surface area contributed by atoms with Crippen molar-refractivity contribution >= 4 is 17.3 Å². The Bertz CT molecular complexity index is 701. The van der Waals surface area contributed by atoms with E-state index in [1.165, 1.54) is 0 Å². The average molecular weight is 348 g/mol. The van der Waals surface area contributed by atoms with E-state index in [0.717, 1.165) is 16.3 Å². The van der Waals surface area contributed by atoms with Crippen molar-refractivity contribution in [2.24, 2.45) is 0 Å². The van der Waals surface area contributed by atoms with Crippen molar-refractivity contribution in [2.75, 3.05) is 13.1 Å². The Morgan fingerprint density at radius 3 is 2.75 bits per heavy atom. The maximum atomic E-state index is 10.7. The molecule has 128 valence electrons. The largest absolute Gasteiger partial charge is 0.486 e. The van der Waals surface area contributed by atoms with Crippen molar-refractivity contribution in [2.45, 2.75) is 32.1 Å². The first-order valence-electron chi connectivity index (χ1n) is 7.78. The van der Waals surface area contributed by atoms with E-state index in [2.05, 4.69) is 9.88 Å². The standard InChI is InChI=1S/C17H20N2O4S/c1-11-18-13(10-24-11)7-19-8-15(20)16(9-19)23-14-4-2-12(3-5-14)6-17(21)22/h2-5,10,15-16,20H,6-9H2,1H3,(H,21,22)/t15-,16-/m1/s1. The minimum atomic E-state index is -0.859. The second-order valence-electron chi connectivity index (χ2n) is 5.99. The lowest BCUT2D eigenvalue weighted by Crippen LogP contribution is -2.29. The van der Waals surface area contributed by atoms with Gasteiger partial charge in [0.2, 0.25) is 0 Å². The average Bonchev–Trinajstić information content (AvgIpc) is 3.07. The van der Waals surface area contributed by atoms with Crippen molar-refractivity contribution in [3.8, 4) is 5.75 Å². The number of aliphatic carboxylic acids is 1. The van der Waals surface area contributed by atoms with Crippen molar-refractivity contribution in [1.29, 1.82) is 0 Å². The third-order valence-corrected chi connectivity index (χ3v) is 4.75. The number of aryl methyl sites for hydroxylation is 1. The Kier molecular flexibility index (Phi) is 5.13. The van der Waals surface area contributed by atoms with Crippen LogP contribution < -0.4 is 4.74 Å². The molecule has 0 bridgehead atoms. The van der Waals surface area contributed by atoms with E-state index in [1.807, 2.05) is 12.3 Å². The van der Waals surface area contributed by atoms with Crippen LogP contribution in [-0.4, -0.2) is 51.4 Å². The summed E-state index contributed by atoms with van der Waals surface area (Å²) >= 11 is 1.62. The summed E-state index contributed by atoms with van der Waals surface area (Å²) < 4.78 is 5.86. The number of nitrogens with zero attached hydrogens (tertiary/aromatic N) is 2. The van der Waals surface area contributed by atoms with Crippen molar-refractivity contribution in [1.82, 2.24) is 9.88 Å². The lowest BCUT2D eigenvalue weighted by atomic mass is 10.1. The molecule has 1 fully saturated rings. The monoisotopic (exact) mass is 348 g/mol. The molecule has 0 saturated carbocycles. The molecular weight excluding hydrogens is 328 g/mol. The van der Waals surface area contributed by atoms with Crippen molar-refractivity contribution < 1.29 is 19.7 Å². The number of aliphatic hydroxyl groups excluding tert-OH is 1. The van der Waals surface area contributed by atoms with Gasteiger partial charge in [-0.3, -0.25) is 9.69 Å². The molecule has 1 aliphatic heterocycles. The molecule has 0 unspecified atom stereocenters. The van der Waals surface area contributed by atoms with Gasteiger partial charge in [0.05, 0.1) is 17.1 Å². The first kappa shape index (κ1) is 16.9. The highest BCUT2D eigenvalue weighted by Crippen LogP contribution is 2.21. The molecule has 1 aliphatic rings. The number of carboxylic acids is 1. The van der Waals surface area contributed by atoms with E-state index in [1.54, 1.807) is 35.6 Å². The lowest BCUT2D eigenvalue weighted by Gasteiger charge is -2.17. The fourth-order valence-electron chi connectivity index (χ4n) is 2.82. The molecule has 1 saturated heterocycles. The van der Waals surface area contributed by atoms with E-state index in [0.29, 0.717) is 25.4 Å². The summed E-state index contributed by atoms with van der Waals surface area (Å²) in [5.74, 6) is -0.220. The number of carboxylic acid groups (broad SMARTS) is 1. The quantitative estimate of drug-likeness (QED) is 0.827. The van der Waals surface area contributed by atoms with Crippen LogP contribution in [0.15, 0.2) is 29.6 Å². The van der Waals surface area contributed by atoms with E-state index < -0.39 is 12.1 Å². The molecule has 6 nitrogen and oxygen atoms in total. The summed E-state index contributed by atoms with van der Waals surface area (Å²) in [5, 5.41) is 22.1. The number of β-amino-alcohol motifs (C(OH)–C–C–N with tert-alkyl or cyclic N) is 1. The molecular formula is C17H20N2O4S. The Hall–Kier alpha value is -1.96. The van der Waals surface area contributed by atoms with Gasteiger partial charge in [0.25, 0.3) is 0 Å². The summed E-state index contributed by atoms with van der Waals surface area (Å²) in [4.78, 5) is 17.3. The zero-order valence-electron chi connectivity index (χ0n) is 13.4. The van der Waals surface area contributed by atoms with Gasteiger partial charge in [-0.05, 0) is 24.6 Å². The minimum absolute atomic E-state index is 0.00678. The highest BCUT2D eigenvalue weighted by atomic mass is 32.1. The number of rotatable bonds is 6. The van der Waals surface area contributed by atoms with Crippen LogP contribution in [0.5, 0.6) is 5.75 Å². The molecule has 0 radical (unpaired) electrons. The van der Waals surface area contributed by atoms with Gasteiger partial charge < -0.3 is 14.9 Å². The lowest BCUT2D eigenvalue weighted by molar-refractivity contribution is -0.136.